The summed E-state index contributed by atoms with van der Waals surface area (Å²) in [6, 6.07) is 12.1. The number of carbonyl (C=O) groups is 1. The molecule has 1 N–H and O–H groups in total. The van der Waals surface area contributed by atoms with E-state index in [1.807, 2.05) is 24.3 Å². The predicted octanol–water partition coefficient (Wildman–Crippen LogP) is 3.58. The minimum atomic E-state index is -0.321. The van der Waals surface area contributed by atoms with Gasteiger partial charge in [0.2, 0.25) is 5.91 Å². The van der Waals surface area contributed by atoms with Gasteiger partial charge in [0.05, 0.1) is 5.52 Å². The highest BCUT2D eigenvalue weighted by molar-refractivity contribution is 5.97. The maximum Gasteiger partial charge on any atom is 0.279 e. The summed E-state index contributed by atoms with van der Waals surface area (Å²) in [5.41, 5.74) is 2.89. The molecule has 0 aliphatic carbocycles. The van der Waals surface area contributed by atoms with E-state index in [4.69, 9.17) is 4.52 Å². The monoisotopic (exact) mass is 377 g/mol. The fourth-order valence-corrected chi connectivity index (χ4v) is 3.66. The molecule has 8 heteroatoms. The Bertz CT molecular complexity index is 1200. The first-order valence-electron chi connectivity index (χ1n) is 8.94. The van der Waals surface area contributed by atoms with Gasteiger partial charge in [-0.2, -0.15) is 10.1 Å². The second-order valence-corrected chi connectivity index (χ2v) is 6.91. The summed E-state index contributed by atoms with van der Waals surface area (Å²) in [7, 11) is 0. The molecule has 28 heavy (non-hydrogen) atoms. The Morgan fingerprint density at radius 3 is 2.96 bits per heavy atom. The Morgan fingerprint density at radius 1 is 1.25 bits per heavy atom. The van der Waals surface area contributed by atoms with Gasteiger partial charge in [-0.3, -0.25) is 9.89 Å². The first kappa shape index (κ1) is 16.6. The van der Waals surface area contributed by atoms with Crippen molar-refractivity contribution in [3.63, 3.8) is 0 Å². The molecule has 3 heterocycles. The minimum Gasteiger partial charge on any atom is -0.332 e. The second-order valence-electron chi connectivity index (χ2n) is 6.91. The maximum absolute atomic E-state index is 13.4. The first-order chi connectivity index (χ1) is 13.6. The molecule has 140 valence electrons. The largest absolute Gasteiger partial charge is 0.332 e. The van der Waals surface area contributed by atoms with Crippen molar-refractivity contribution in [1.29, 1.82) is 0 Å². The van der Waals surface area contributed by atoms with E-state index in [0.29, 0.717) is 35.2 Å². The third-order valence-electron chi connectivity index (χ3n) is 5.05. The van der Waals surface area contributed by atoms with Crippen LogP contribution in [0, 0.1) is 12.7 Å². The zero-order valence-corrected chi connectivity index (χ0v) is 15.0. The van der Waals surface area contributed by atoms with Crippen molar-refractivity contribution in [2.45, 2.75) is 19.3 Å². The average molecular weight is 377 g/mol. The highest BCUT2D eigenvalue weighted by atomic mass is 19.1. The molecule has 2 aromatic heterocycles. The van der Waals surface area contributed by atoms with Crippen LogP contribution in [-0.2, 0) is 4.79 Å². The van der Waals surface area contributed by atoms with Crippen LogP contribution in [0.5, 0.6) is 0 Å². The molecule has 1 saturated heterocycles. The van der Waals surface area contributed by atoms with Gasteiger partial charge < -0.3 is 9.42 Å². The number of nitrogens with one attached hydrogen (secondary N) is 1. The third-order valence-corrected chi connectivity index (χ3v) is 5.05. The van der Waals surface area contributed by atoms with E-state index in [-0.39, 0.29) is 24.1 Å². The second kappa shape index (κ2) is 6.26. The molecule has 0 saturated carbocycles. The fourth-order valence-electron chi connectivity index (χ4n) is 3.66. The van der Waals surface area contributed by atoms with E-state index in [0.717, 1.165) is 10.9 Å². The zero-order valence-electron chi connectivity index (χ0n) is 15.0. The molecule has 1 amide bonds. The van der Waals surface area contributed by atoms with Crippen LogP contribution in [0.2, 0.25) is 0 Å². The Kier molecular flexibility index (Phi) is 3.71. The SMILES string of the molecule is Cc1cc(F)ccc1N1CC(c2noc(-c3n[nH]c4ccccc34)n2)CC1=O. The molecule has 1 atom stereocenters. The summed E-state index contributed by atoms with van der Waals surface area (Å²) >= 11 is 0. The molecule has 1 unspecified atom stereocenters. The first-order valence-corrected chi connectivity index (χ1v) is 8.94. The van der Waals surface area contributed by atoms with Gasteiger partial charge in [-0.15, -0.1) is 0 Å². The Hall–Kier alpha value is -3.55. The van der Waals surface area contributed by atoms with Gasteiger partial charge in [-0.1, -0.05) is 23.4 Å². The topological polar surface area (TPSA) is 87.9 Å². The number of hydrogen-bond donors (Lipinski definition) is 1. The van der Waals surface area contributed by atoms with Gasteiger partial charge in [-0.25, -0.2) is 4.39 Å². The molecular formula is C20H16FN5O2. The van der Waals surface area contributed by atoms with Crippen molar-refractivity contribution in [2.75, 3.05) is 11.4 Å². The van der Waals surface area contributed by atoms with E-state index >= 15 is 0 Å². The van der Waals surface area contributed by atoms with Gasteiger partial charge >= 0.3 is 0 Å². The van der Waals surface area contributed by atoms with Gasteiger partial charge in [-0.05, 0) is 36.8 Å². The van der Waals surface area contributed by atoms with Crippen molar-refractivity contribution < 1.29 is 13.7 Å². The Labute approximate surface area is 159 Å². The van der Waals surface area contributed by atoms with Crippen molar-refractivity contribution in [1.82, 2.24) is 20.3 Å². The number of benzene rings is 2. The van der Waals surface area contributed by atoms with Gasteiger partial charge in [0.15, 0.2) is 11.5 Å². The number of para-hydroxylation sites is 1. The van der Waals surface area contributed by atoms with Crippen LogP contribution in [0.3, 0.4) is 0 Å². The lowest BCUT2D eigenvalue weighted by Gasteiger charge is -2.18. The number of H-pyrrole nitrogens is 1. The maximum atomic E-state index is 13.4. The van der Waals surface area contributed by atoms with Crippen LogP contribution in [0.25, 0.3) is 22.5 Å². The molecule has 2 aromatic carbocycles. The number of anilines is 1. The van der Waals surface area contributed by atoms with Gasteiger partial charge in [0, 0.05) is 30.0 Å². The van der Waals surface area contributed by atoms with Crippen LogP contribution >= 0.6 is 0 Å². The number of rotatable bonds is 3. The lowest BCUT2D eigenvalue weighted by molar-refractivity contribution is -0.117. The van der Waals surface area contributed by atoms with E-state index in [2.05, 4.69) is 20.3 Å². The smallest absolute Gasteiger partial charge is 0.279 e. The quantitative estimate of drug-likeness (QED) is 0.590. The number of fused-ring (bicyclic) bond motifs is 1. The van der Waals surface area contributed by atoms with E-state index in [9.17, 15) is 9.18 Å². The zero-order chi connectivity index (χ0) is 19.3. The summed E-state index contributed by atoms with van der Waals surface area (Å²) in [4.78, 5) is 18.7. The summed E-state index contributed by atoms with van der Waals surface area (Å²) in [5.74, 6) is 0.225. The number of halogens is 1. The summed E-state index contributed by atoms with van der Waals surface area (Å²) < 4.78 is 18.8. The standard InChI is InChI=1S/C20H16FN5O2/c1-11-8-13(21)6-7-16(11)26-10-12(9-17(26)27)19-22-20(28-25-19)18-14-4-2-3-5-15(14)23-24-18/h2-8,12H,9-10H2,1H3,(H,23,24). The average Bonchev–Trinajstić information content (AvgIpc) is 3.39. The summed E-state index contributed by atoms with van der Waals surface area (Å²) in [5, 5.41) is 12.2. The van der Waals surface area contributed by atoms with E-state index in [1.165, 1.54) is 12.1 Å². The minimum absolute atomic E-state index is 0.0451. The highest BCUT2D eigenvalue weighted by Crippen LogP contribution is 2.33. The summed E-state index contributed by atoms with van der Waals surface area (Å²) in [6.45, 7) is 2.21. The molecule has 0 spiro atoms. The predicted molar refractivity (Wildman–Crippen MR) is 100 cm³/mol. The van der Waals surface area contributed by atoms with Crippen LogP contribution in [0.1, 0.15) is 23.7 Å². The van der Waals surface area contributed by atoms with E-state index < -0.39 is 0 Å². The molecule has 0 radical (unpaired) electrons. The number of nitrogens with zero attached hydrogens (tertiary/aromatic N) is 4. The number of aromatic amines is 1. The van der Waals surface area contributed by atoms with Crippen LogP contribution < -0.4 is 4.90 Å². The van der Waals surface area contributed by atoms with Crippen molar-refractivity contribution in [3.8, 4) is 11.6 Å². The van der Waals surface area contributed by atoms with Gasteiger partial charge in [0.25, 0.3) is 5.89 Å². The lowest BCUT2D eigenvalue weighted by atomic mass is 10.1. The Morgan fingerprint density at radius 2 is 2.11 bits per heavy atom. The van der Waals surface area contributed by atoms with Crippen LogP contribution in [0.15, 0.2) is 47.0 Å². The molecule has 1 fully saturated rings. The lowest BCUT2D eigenvalue weighted by Crippen LogP contribution is -2.25. The van der Waals surface area contributed by atoms with Crippen molar-refractivity contribution in [3.05, 3.63) is 59.7 Å². The van der Waals surface area contributed by atoms with Crippen LogP contribution in [0.4, 0.5) is 10.1 Å². The number of hydrogen-bond acceptors (Lipinski definition) is 5. The highest BCUT2D eigenvalue weighted by Gasteiger charge is 2.35. The molecule has 1 aliphatic rings. The third kappa shape index (κ3) is 2.65. The number of carbonyl (C=O) groups excluding carboxylic acids is 1. The molecule has 0 bridgehead atoms. The Balaban J connectivity index is 1.43. The normalized spacial score (nSPS) is 17.0. The summed E-state index contributed by atoms with van der Waals surface area (Å²) in [6.07, 6.45) is 0.275. The molecule has 4 aromatic rings. The molecule has 5 rings (SSSR count). The molecular weight excluding hydrogens is 361 g/mol. The van der Waals surface area contributed by atoms with Gasteiger partial charge in [0.1, 0.15) is 5.82 Å². The van der Waals surface area contributed by atoms with Crippen LogP contribution in [-0.4, -0.2) is 32.8 Å². The number of aryl methyl sites for hydroxylation is 1. The molecule has 7 nitrogen and oxygen atoms in total. The molecule has 1 aliphatic heterocycles. The van der Waals surface area contributed by atoms with Crippen molar-refractivity contribution >= 4 is 22.5 Å². The number of aromatic nitrogens is 4. The fraction of sp³-hybridized carbons (Fsp3) is 0.200. The van der Waals surface area contributed by atoms with Crippen molar-refractivity contribution in [2.24, 2.45) is 0 Å². The number of amides is 1. The van der Waals surface area contributed by atoms with E-state index in [1.54, 1.807) is 17.9 Å².